The van der Waals surface area contributed by atoms with Gasteiger partial charge in [0, 0.05) is 11.6 Å². The second-order valence-electron chi connectivity index (χ2n) is 5.39. The summed E-state index contributed by atoms with van der Waals surface area (Å²) in [6, 6.07) is 3.10. The van der Waals surface area contributed by atoms with Gasteiger partial charge in [-0.05, 0) is 32.4 Å². The van der Waals surface area contributed by atoms with Crippen molar-refractivity contribution >= 4 is 17.6 Å². The molecule has 1 aromatic rings. The summed E-state index contributed by atoms with van der Waals surface area (Å²) in [6.07, 6.45) is 0.401. The number of rotatable bonds is 6. The van der Waals surface area contributed by atoms with E-state index >= 15 is 0 Å². The van der Waals surface area contributed by atoms with E-state index in [0.29, 0.717) is 22.9 Å². The van der Waals surface area contributed by atoms with Crippen LogP contribution in [0.25, 0.3) is 0 Å². The van der Waals surface area contributed by atoms with Gasteiger partial charge in [0.2, 0.25) is 0 Å². The Bertz CT molecular complexity index is 517. The Morgan fingerprint density at radius 1 is 1.29 bits per heavy atom. The van der Waals surface area contributed by atoms with Crippen molar-refractivity contribution in [1.29, 1.82) is 0 Å². The Labute approximate surface area is 130 Å². The maximum atomic E-state index is 11.8. The van der Waals surface area contributed by atoms with Crippen LogP contribution >= 0.6 is 11.6 Å². The normalized spacial score (nSPS) is 12.7. The Kier molecular flexibility index (Phi) is 5.87. The van der Waals surface area contributed by atoms with Gasteiger partial charge in [-0.2, -0.15) is 0 Å². The van der Waals surface area contributed by atoms with E-state index in [0.717, 1.165) is 5.56 Å². The molecule has 2 N–H and O–H groups in total. The molecular weight excluding hydrogens is 294 g/mol. The highest BCUT2D eigenvalue weighted by molar-refractivity contribution is 6.33. The molecule has 0 aliphatic carbocycles. The van der Waals surface area contributed by atoms with E-state index in [1.807, 2.05) is 0 Å². The first-order valence-electron chi connectivity index (χ1n) is 6.52. The first-order valence-corrected chi connectivity index (χ1v) is 6.90. The minimum absolute atomic E-state index is 0.309. The maximum Gasteiger partial charge on any atom is 0.311 e. The molecule has 0 aliphatic rings. The average Bonchev–Trinajstić information content (AvgIpc) is 2.45. The molecule has 0 bridgehead atoms. The number of carbonyl (C=O) groups excluding carboxylic acids is 1. The number of nitrogens with two attached hydrogens (primary N) is 1. The molecule has 0 amide bonds. The molecule has 0 spiro atoms. The molecule has 5 nitrogen and oxygen atoms in total. The average molecular weight is 316 g/mol. The predicted octanol–water partition coefficient (Wildman–Crippen LogP) is 2.95. The van der Waals surface area contributed by atoms with E-state index in [1.165, 1.54) is 21.3 Å². The van der Waals surface area contributed by atoms with Crippen molar-refractivity contribution in [3.63, 3.8) is 0 Å². The molecular formula is C15H22ClNO4. The molecule has 0 heterocycles. The lowest BCUT2D eigenvalue weighted by Gasteiger charge is -2.26. The van der Waals surface area contributed by atoms with Crippen LogP contribution in [0.1, 0.15) is 31.9 Å². The molecule has 1 aromatic carbocycles. The summed E-state index contributed by atoms with van der Waals surface area (Å²) in [6.45, 7) is 3.58. The van der Waals surface area contributed by atoms with E-state index in [2.05, 4.69) is 0 Å². The van der Waals surface area contributed by atoms with E-state index < -0.39 is 11.5 Å². The second-order valence-corrected chi connectivity index (χ2v) is 5.77. The number of hydrogen-bond donors (Lipinski definition) is 1. The topological polar surface area (TPSA) is 70.8 Å². The maximum absolute atomic E-state index is 11.8. The number of hydrogen-bond acceptors (Lipinski definition) is 5. The summed E-state index contributed by atoms with van der Waals surface area (Å²) < 4.78 is 15.3. The van der Waals surface area contributed by atoms with Crippen molar-refractivity contribution in [2.24, 2.45) is 11.1 Å². The van der Waals surface area contributed by atoms with E-state index in [1.54, 1.807) is 26.0 Å². The predicted molar refractivity (Wildman–Crippen MR) is 81.9 cm³/mol. The minimum Gasteiger partial charge on any atom is -0.495 e. The number of methoxy groups -OCH3 is 3. The fraction of sp³-hybridized carbons (Fsp3) is 0.533. The SMILES string of the molecule is COC(=O)C(C)(C)CC(N)c1ccc(OC)c(Cl)c1OC. The highest BCUT2D eigenvalue weighted by Crippen LogP contribution is 2.41. The Morgan fingerprint density at radius 3 is 2.38 bits per heavy atom. The van der Waals surface area contributed by atoms with E-state index in [4.69, 9.17) is 31.5 Å². The fourth-order valence-corrected chi connectivity index (χ4v) is 2.56. The molecule has 21 heavy (non-hydrogen) atoms. The van der Waals surface area contributed by atoms with Gasteiger partial charge in [-0.15, -0.1) is 0 Å². The molecule has 0 radical (unpaired) electrons. The zero-order chi connectivity index (χ0) is 16.2. The van der Waals surface area contributed by atoms with Crippen LogP contribution in [0.2, 0.25) is 5.02 Å². The van der Waals surface area contributed by atoms with Gasteiger partial charge in [-0.3, -0.25) is 4.79 Å². The second kappa shape index (κ2) is 7.00. The van der Waals surface area contributed by atoms with Crippen LogP contribution < -0.4 is 15.2 Å². The molecule has 1 atom stereocenters. The van der Waals surface area contributed by atoms with Crippen molar-refractivity contribution < 1.29 is 19.0 Å². The van der Waals surface area contributed by atoms with E-state index in [-0.39, 0.29) is 5.97 Å². The third kappa shape index (κ3) is 3.80. The molecule has 6 heteroatoms. The lowest BCUT2D eigenvalue weighted by atomic mass is 9.83. The molecule has 0 aliphatic heterocycles. The first-order chi connectivity index (χ1) is 9.78. The van der Waals surface area contributed by atoms with Gasteiger partial charge in [0.1, 0.15) is 16.5 Å². The lowest BCUT2D eigenvalue weighted by molar-refractivity contribution is -0.151. The number of esters is 1. The summed E-state index contributed by atoms with van der Waals surface area (Å²) >= 11 is 6.22. The van der Waals surface area contributed by atoms with E-state index in [9.17, 15) is 4.79 Å². The number of ether oxygens (including phenoxy) is 3. The Hall–Kier alpha value is -1.46. The van der Waals surface area contributed by atoms with Gasteiger partial charge in [-0.1, -0.05) is 11.6 Å². The van der Waals surface area contributed by atoms with Gasteiger partial charge in [0.05, 0.1) is 26.7 Å². The summed E-state index contributed by atoms with van der Waals surface area (Å²) in [5.74, 6) is 0.664. The highest BCUT2D eigenvalue weighted by atomic mass is 35.5. The fourth-order valence-electron chi connectivity index (χ4n) is 2.23. The third-order valence-electron chi connectivity index (χ3n) is 3.38. The van der Waals surface area contributed by atoms with Crippen molar-refractivity contribution in [3.05, 3.63) is 22.7 Å². The van der Waals surface area contributed by atoms with Gasteiger partial charge in [0.15, 0.2) is 0 Å². The van der Waals surface area contributed by atoms with Crippen molar-refractivity contribution in [1.82, 2.24) is 0 Å². The Balaban J connectivity index is 3.11. The number of carbonyl (C=O) groups is 1. The molecule has 1 rings (SSSR count). The molecule has 118 valence electrons. The van der Waals surface area contributed by atoms with Crippen molar-refractivity contribution in [3.8, 4) is 11.5 Å². The van der Waals surface area contributed by atoms with Crippen molar-refractivity contribution in [2.75, 3.05) is 21.3 Å². The lowest BCUT2D eigenvalue weighted by Crippen LogP contribution is -2.30. The highest BCUT2D eigenvalue weighted by Gasteiger charge is 2.32. The van der Waals surface area contributed by atoms with Crippen LogP contribution in [0.15, 0.2) is 12.1 Å². The van der Waals surface area contributed by atoms with Gasteiger partial charge < -0.3 is 19.9 Å². The molecule has 0 aromatic heterocycles. The summed E-state index contributed by atoms with van der Waals surface area (Å²) in [7, 11) is 4.41. The summed E-state index contributed by atoms with van der Waals surface area (Å²) in [5.41, 5.74) is 6.24. The number of benzene rings is 1. The van der Waals surface area contributed by atoms with Gasteiger partial charge in [-0.25, -0.2) is 0 Å². The molecule has 0 fully saturated rings. The third-order valence-corrected chi connectivity index (χ3v) is 3.74. The van der Waals surface area contributed by atoms with Crippen molar-refractivity contribution in [2.45, 2.75) is 26.3 Å². The van der Waals surface area contributed by atoms with Crippen LogP contribution in [0, 0.1) is 5.41 Å². The summed E-state index contributed by atoms with van der Waals surface area (Å²) in [4.78, 5) is 11.8. The molecule has 1 unspecified atom stereocenters. The van der Waals surface area contributed by atoms with Gasteiger partial charge >= 0.3 is 5.97 Å². The van der Waals surface area contributed by atoms with Crippen LogP contribution in [0.4, 0.5) is 0 Å². The van der Waals surface area contributed by atoms with Crippen LogP contribution in [0.3, 0.4) is 0 Å². The summed E-state index contributed by atoms with van der Waals surface area (Å²) in [5, 5.41) is 0.365. The standard InChI is InChI=1S/C15H22ClNO4/c1-15(2,14(18)21-5)8-10(17)9-6-7-11(19-3)12(16)13(9)20-4/h6-7,10H,8,17H2,1-5H3. The van der Waals surface area contributed by atoms with Crippen LogP contribution in [0.5, 0.6) is 11.5 Å². The van der Waals surface area contributed by atoms with Gasteiger partial charge in [0.25, 0.3) is 0 Å². The van der Waals surface area contributed by atoms with Crippen LogP contribution in [-0.2, 0) is 9.53 Å². The monoisotopic (exact) mass is 315 g/mol. The Morgan fingerprint density at radius 2 is 1.90 bits per heavy atom. The largest absolute Gasteiger partial charge is 0.495 e. The minimum atomic E-state index is -0.703. The zero-order valence-corrected chi connectivity index (χ0v) is 13.8. The molecule has 0 saturated heterocycles. The quantitative estimate of drug-likeness (QED) is 0.817. The molecule has 0 saturated carbocycles. The first kappa shape index (κ1) is 17.6. The number of halogens is 1. The zero-order valence-electron chi connectivity index (χ0n) is 13.0. The smallest absolute Gasteiger partial charge is 0.311 e. The van der Waals surface area contributed by atoms with Crippen LogP contribution in [-0.4, -0.2) is 27.3 Å².